The van der Waals surface area contributed by atoms with Crippen LogP contribution in [-0.2, 0) is 0 Å². The molecule has 0 radical (unpaired) electrons. The zero-order valence-electron chi connectivity index (χ0n) is 10.6. The first-order valence-electron chi connectivity index (χ1n) is 6.10. The Morgan fingerprint density at radius 3 is 1.71 bits per heavy atom. The molecule has 80 valence electrons. The van der Waals surface area contributed by atoms with E-state index in [9.17, 15) is 0 Å². The predicted molar refractivity (Wildman–Crippen MR) is 61.7 cm³/mol. The van der Waals surface area contributed by atoms with E-state index in [0.29, 0.717) is 5.92 Å². The third-order valence-electron chi connectivity index (χ3n) is 2.55. The summed E-state index contributed by atoms with van der Waals surface area (Å²) < 4.78 is 0. The second-order valence-corrected chi connectivity index (χ2v) is 4.37. The number of rotatable bonds is 9. The molecule has 0 rings (SSSR count). The van der Waals surface area contributed by atoms with Crippen molar-refractivity contribution in [2.45, 2.75) is 71.6 Å². The molecule has 0 saturated carbocycles. The van der Waals surface area contributed by atoms with E-state index in [4.69, 9.17) is 0 Å². The van der Waals surface area contributed by atoms with Gasteiger partial charge >= 0.3 is 29.6 Å². The Bertz CT molecular complexity index is 89.2. The zero-order valence-corrected chi connectivity index (χ0v) is 12.6. The molecule has 0 aliphatic carbocycles. The van der Waals surface area contributed by atoms with Crippen molar-refractivity contribution in [2.24, 2.45) is 5.92 Å². The van der Waals surface area contributed by atoms with Gasteiger partial charge in [-0.25, -0.2) is 0 Å². The summed E-state index contributed by atoms with van der Waals surface area (Å²) in [6.07, 6.45) is 12.7. The van der Waals surface area contributed by atoms with E-state index in [2.05, 4.69) is 20.8 Å². The molecule has 0 heterocycles. The predicted octanol–water partition coefficient (Wildman–Crippen LogP) is 1.99. The van der Waals surface area contributed by atoms with E-state index < -0.39 is 0 Å². The van der Waals surface area contributed by atoms with Gasteiger partial charge in [0.2, 0.25) is 0 Å². The van der Waals surface area contributed by atoms with Crippen molar-refractivity contribution in [3.63, 3.8) is 0 Å². The van der Waals surface area contributed by atoms with Crippen molar-refractivity contribution in [1.82, 2.24) is 0 Å². The SMILES string of the molecule is [CH2-]C(C)CCCCCCCCCC.[Na+]. The van der Waals surface area contributed by atoms with Gasteiger partial charge in [0.1, 0.15) is 0 Å². The minimum absolute atomic E-state index is 0. The van der Waals surface area contributed by atoms with Gasteiger partial charge in [-0.05, 0) is 0 Å². The van der Waals surface area contributed by atoms with Crippen molar-refractivity contribution in [3.05, 3.63) is 6.92 Å². The van der Waals surface area contributed by atoms with Crippen LogP contribution in [0.2, 0.25) is 0 Å². The first-order valence-corrected chi connectivity index (χ1v) is 6.10. The topological polar surface area (TPSA) is 0 Å². The molecule has 0 N–H and O–H groups in total. The summed E-state index contributed by atoms with van der Waals surface area (Å²) in [5.41, 5.74) is 0. The van der Waals surface area contributed by atoms with Crippen LogP contribution in [-0.4, -0.2) is 0 Å². The molecule has 14 heavy (non-hydrogen) atoms. The van der Waals surface area contributed by atoms with E-state index in [0.717, 1.165) is 0 Å². The first-order chi connectivity index (χ1) is 6.27. The molecule has 0 bridgehead atoms. The zero-order chi connectivity index (χ0) is 9.94. The molecule has 0 aliphatic rings. The van der Waals surface area contributed by atoms with Crippen LogP contribution in [0.15, 0.2) is 0 Å². The van der Waals surface area contributed by atoms with Crippen LogP contribution < -0.4 is 29.6 Å². The summed E-state index contributed by atoms with van der Waals surface area (Å²) >= 11 is 0. The normalized spacial score (nSPS) is 12.2. The Hall–Kier alpha value is 1.00. The van der Waals surface area contributed by atoms with Gasteiger partial charge in [-0.3, -0.25) is 0 Å². The maximum atomic E-state index is 4.00. The molecule has 0 amide bonds. The molecule has 0 nitrogen and oxygen atoms in total. The summed E-state index contributed by atoms with van der Waals surface area (Å²) in [6, 6.07) is 0. The van der Waals surface area contributed by atoms with Crippen molar-refractivity contribution in [1.29, 1.82) is 0 Å². The fourth-order valence-electron chi connectivity index (χ4n) is 1.63. The molecule has 0 aromatic carbocycles. The summed E-state index contributed by atoms with van der Waals surface area (Å²) in [7, 11) is 0. The molecule has 0 saturated heterocycles. The van der Waals surface area contributed by atoms with Gasteiger partial charge in [0.25, 0.3) is 0 Å². The third kappa shape index (κ3) is 15.5. The Kier molecular flexibility index (Phi) is 17.4. The summed E-state index contributed by atoms with van der Waals surface area (Å²) in [6.45, 7) is 8.48. The van der Waals surface area contributed by atoms with E-state index in [-0.39, 0.29) is 29.6 Å². The Labute approximate surface area is 114 Å². The second kappa shape index (κ2) is 14.0. The van der Waals surface area contributed by atoms with E-state index in [1.165, 1.54) is 57.8 Å². The average Bonchev–Trinajstić information content (AvgIpc) is 2.09. The molecule has 1 atom stereocenters. The molecular formula is C13H27Na. The Balaban J connectivity index is 0. The molecule has 1 unspecified atom stereocenters. The summed E-state index contributed by atoms with van der Waals surface area (Å²) in [5.74, 6) is 0.653. The standard InChI is InChI=1S/C13H27.Na/c1-4-5-6-7-8-9-10-11-12-13(2)3;/h13H,2,4-12H2,1,3H3;/q-1;+1. The summed E-state index contributed by atoms with van der Waals surface area (Å²) in [4.78, 5) is 0. The van der Waals surface area contributed by atoms with Crippen LogP contribution in [0, 0.1) is 12.8 Å². The molecule has 0 spiro atoms. The van der Waals surface area contributed by atoms with Crippen LogP contribution in [0.25, 0.3) is 0 Å². The minimum Gasteiger partial charge on any atom is -0.341 e. The number of hydrogen-bond donors (Lipinski definition) is 0. The van der Waals surface area contributed by atoms with Crippen LogP contribution in [0.4, 0.5) is 0 Å². The Morgan fingerprint density at radius 2 is 1.29 bits per heavy atom. The third-order valence-corrected chi connectivity index (χ3v) is 2.55. The van der Waals surface area contributed by atoms with Crippen molar-refractivity contribution < 1.29 is 29.6 Å². The molecule has 0 aliphatic heterocycles. The van der Waals surface area contributed by atoms with Crippen molar-refractivity contribution in [2.75, 3.05) is 0 Å². The Morgan fingerprint density at radius 1 is 0.857 bits per heavy atom. The van der Waals surface area contributed by atoms with Crippen LogP contribution >= 0.6 is 0 Å². The molecule has 0 aromatic heterocycles. The molecule has 1 heteroatoms. The fourth-order valence-corrected chi connectivity index (χ4v) is 1.63. The molecular weight excluding hydrogens is 179 g/mol. The van der Waals surface area contributed by atoms with E-state index >= 15 is 0 Å². The van der Waals surface area contributed by atoms with E-state index in [1.807, 2.05) is 0 Å². The van der Waals surface area contributed by atoms with Crippen molar-refractivity contribution in [3.8, 4) is 0 Å². The quantitative estimate of drug-likeness (QED) is 0.307. The maximum Gasteiger partial charge on any atom is 1.00 e. The number of unbranched alkanes of at least 4 members (excludes halogenated alkanes) is 7. The van der Waals surface area contributed by atoms with E-state index in [1.54, 1.807) is 0 Å². The molecule has 0 fully saturated rings. The van der Waals surface area contributed by atoms with Gasteiger partial charge in [0, 0.05) is 0 Å². The fraction of sp³-hybridized carbons (Fsp3) is 0.923. The van der Waals surface area contributed by atoms with Gasteiger partial charge < -0.3 is 6.92 Å². The second-order valence-electron chi connectivity index (χ2n) is 4.37. The van der Waals surface area contributed by atoms with Gasteiger partial charge in [-0.2, -0.15) is 5.92 Å². The van der Waals surface area contributed by atoms with Gasteiger partial charge in [-0.15, -0.1) is 0 Å². The number of hydrogen-bond acceptors (Lipinski definition) is 0. The molecule has 0 aromatic rings. The van der Waals surface area contributed by atoms with Gasteiger partial charge in [-0.1, -0.05) is 71.6 Å². The smallest absolute Gasteiger partial charge is 0.341 e. The van der Waals surface area contributed by atoms with Crippen LogP contribution in [0.3, 0.4) is 0 Å². The van der Waals surface area contributed by atoms with Crippen LogP contribution in [0.5, 0.6) is 0 Å². The largest absolute Gasteiger partial charge is 1.00 e. The van der Waals surface area contributed by atoms with Gasteiger partial charge in [0.05, 0.1) is 0 Å². The van der Waals surface area contributed by atoms with Crippen LogP contribution in [0.1, 0.15) is 71.6 Å². The first kappa shape index (κ1) is 17.4. The average molecular weight is 206 g/mol. The maximum absolute atomic E-state index is 4.00. The van der Waals surface area contributed by atoms with Gasteiger partial charge in [0.15, 0.2) is 0 Å². The summed E-state index contributed by atoms with van der Waals surface area (Å²) in [5, 5.41) is 0. The van der Waals surface area contributed by atoms with Crippen molar-refractivity contribution >= 4 is 0 Å². The minimum atomic E-state index is 0. The monoisotopic (exact) mass is 206 g/mol.